The van der Waals surface area contributed by atoms with Gasteiger partial charge in [0, 0.05) is 17.7 Å². The van der Waals surface area contributed by atoms with Crippen molar-refractivity contribution in [2.45, 2.75) is 61.4 Å². The van der Waals surface area contributed by atoms with Crippen molar-refractivity contribution in [1.82, 2.24) is 0 Å². The lowest BCUT2D eigenvalue weighted by atomic mass is 9.97. The molecular weight excluding hydrogens is 596 g/mol. The fourth-order valence-electron chi connectivity index (χ4n) is 5.00. The number of hydrogen-bond acceptors (Lipinski definition) is 17. The monoisotopic (exact) mass is 626 g/mol. The van der Waals surface area contributed by atoms with Gasteiger partial charge < -0.3 is 79.5 Å². The Kier molecular flexibility index (Phi) is 8.87. The van der Waals surface area contributed by atoms with E-state index in [4.69, 9.17) is 23.4 Å². The Hall–Kier alpha value is -3.75. The third kappa shape index (κ3) is 5.61. The Morgan fingerprint density at radius 1 is 0.705 bits per heavy atom. The molecule has 0 aliphatic carbocycles. The number of benzene rings is 2. The average Bonchev–Trinajstić information content (AvgIpc) is 2.98. The fourth-order valence-corrected chi connectivity index (χ4v) is 5.00. The number of aliphatic hydroxyl groups is 7. The molecule has 0 saturated carbocycles. The van der Waals surface area contributed by atoms with Crippen LogP contribution < -0.4 is 10.2 Å². The molecule has 2 fully saturated rings. The quantitative estimate of drug-likeness (QED) is 0.119. The summed E-state index contributed by atoms with van der Waals surface area (Å²) in [6.45, 7) is -1.67. The Balaban J connectivity index is 1.49. The van der Waals surface area contributed by atoms with Crippen molar-refractivity contribution >= 4 is 11.0 Å². The van der Waals surface area contributed by atoms with Crippen LogP contribution in [0.2, 0.25) is 0 Å². The summed E-state index contributed by atoms with van der Waals surface area (Å²) in [5.41, 5.74) is -1.41. The maximum atomic E-state index is 13.6. The molecule has 17 heteroatoms. The molecule has 44 heavy (non-hydrogen) atoms. The van der Waals surface area contributed by atoms with Crippen molar-refractivity contribution in [2.24, 2.45) is 0 Å². The first-order valence-electron chi connectivity index (χ1n) is 13.2. The number of ether oxygens (including phenoxy) is 4. The van der Waals surface area contributed by atoms with E-state index in [9.17, 15) is 61.0 Å². The van der Waals surface area contributed by atoms with Crippen LogP contribution in [0.25, 0.3) is 22.3 Å². The van der Waals surface area contributed by atoms with E-state index in [0.717, 1.165) is 24.3 Å². The zero-order valence-electron chi connectivity index (χ0n) is 22.4. The lowest BCUT2D eigenvalue weighted by Crippen LogP contribution is -2.65. The zero-order valence-corrected chi connectivity index (χ0v) is 22.4. The summed E-state index contributed by atoms with van der Waals surface area (Å²) in [4.78, 5) is 13.6. The summed E-state index contributed by atoms with van der Waals surface area (Å²) in [5, 5.41) is 111. The molecule has 2 saturated heterocycles. The van der Waals surface area contributed by atoms with Crippen molar-refractivity contribution in [3.05, 3.63) is 40.6 Å². The van der Waals surface area contributed by atoms with Crippen LogP contribution in [0, 0.1) is 0 Å². The van der Waals surface area contributed by atoms with E-state index >= 15 is 0 Å². The summed E-state index contributed by atoms with van der Waals surface area (Å²) < 4.78 is 27.8. The van der Waals surface area contributed by atoms with E-state index in [1.165, 1.54) is 6.07 Å². The number of rotatable bonds is 7. The largest absolute Gasteiger partial charge is 0.508 e. The molecule has 2 aliphatic rings. The summed E-state index contributed by atoms with van der Waals surface area (Å²) in [5.74, 6) is -3.44. The van der Waals surface area contributed by atoms with Gasteiger partial charge in [0.05, 0.1) is 13.2 Å². The van der Waals surface area contributed by atoms with Gasteiger partial charge in [-0.2, -0.15) is 0 Å². The number of phenols is 4. The van der Waals surface area contributed by atoms with Crippen molar-refractivity contribution in [3.8, 4) is 40.1 Å². The summed E-state index contributed by atoms with van der Waals surface area (Å²) in [7, 11) is 0. The van der Waals surface area contributed by atoms with Crippen LogP contribution in [0.15, 0.2) is 39.5 Å². The van der Waals surface area contributed by atoms with E-state index in [2.05, 4.69) is 0 Å². The zero-order chi connectivity index (χ0) is 32.0. The Morgan fingerprint density at radius 2 is 1.36 bits per heavy atom. The van der Waals surface area contributed by atoms with Crippen LogP contribution in [0.4, 0.5) is 0 Å². The van der Waals surface area contributed by atoms with Gasteiger partial charge in [-0.05, 0) is 18.2 Å². The maximum absolute atomic E-state index is 13.6. The maximum Gasteiger partial charge on any atom is 0.239 e. The highest BCUT2D eigenvalue weighted by atomic mass is 16.7. The molecule has 5 rings (SSSR count). The van der Waals surface area contributed by atoms with Crippen LogP contribution in [0.3, 0.4) is 0 Å². The van der Waals surface area contributed by atoms with Crippen molar-refractivity contribution in [2.75, 3.05) is 13.2 Å². The topological polar surface area (TPSA) is 290 Å². The molecule has 0 amide bonds. The van der Waals surface area contributed by atoms with Crippen LogP contribution in [-0.2, 0) is 14.2 Å². The molecular formula is C27H30O17. The third-order valence-electron chi connectivity index (χ3n) is 7.35. The summed E-state index contributed by atoms with van der Waals surface area (Å²) in [6.07, 6.45) is -17.7. The van der Waals surface area contributed by atoms with Gasteiger partial charge in [-0.25, -0.2) is 0 Å². The lowest BCUT2D eigenvalue weighted by molar-refractivity contribution is -0.352. The number of phenolic OH excluding ortho intramolecular Hbond substituents is 4. The van der Waals surface area contributed by atoms with Gasteiger partial charge >= 0.3 is 0 Å². The fraction of sp³-hybridized carbons (Fsp3) is 0.444. The molecule has 1 aromatic heterocycles. The Bertz CT molecular complexity index is 1550. The molecule has 17 nitrogen and oxygen atoms in total. The highest BCUT2D eigenvalue weighted by Gasteiger charge is 2.51. The molecule has 3 unspecified atom stereocenters. The van der Waals surface area contributed by atoms with Crippen LogP contribution in [0.5, 0.6) is 28.7 Å². The van der Waals surface area contributed by atoms with Gasteiger partial charge in [-0.15, -0.1) is 0 Å². The molecule has 2 aromatic carbocycles. The predicted octanol–water partition coefficient (Wildman–Crippen LogP) is -2.71. The van der Waals surface area contributed by atoms with Crippen LogP contribution in [0.1, 0.15) is 0 Å². The molecule has 240 valence electrons. The Morgan fingerprint density at radius 3 is 2.02 bits per heavy atom. The smallest absolute Gasteiger partial charge is 0.239 e. The summed E-state index contributed by atoms with van der Waals surface area (Å²) >= 11 is 0. The van der Waals surface area contributed by atoms with Gasteiger partial charge in [-0.3, -0.25) is 4.79 Å². The second-order valence-electron chi connectivity index (χ2n) is 10.3. The number of aromatic hydroxyl groups is 4. The molecule has 11 N–H and O–H groups in total. The van der Waals surface area contributed by atoms with Crippen LogP contribution >= 0.6 is 0 Å². The average molecular weight is 627 g/mol. The minimum absolute atomic E-state index is 0.0504. The van der Waals surface area contributed by atoms with Crippen molar-refractivity contribution in [1.29, 1.82) is 0 Å². The first kappa shape index (κ1) is 31.7. The van der Waals surface area contributed by atoms with E-state index < -0.39 is 120 Å². The van der Waals surface area contributed by atoms with Crippen molar-refractivity contribution in [3.63, 3.8) is 0 Å². The number of hydrogen-bond donors (Lipinski definition) is 11. The SMILES string of the molecule is O=c1c(O[C@@H]2O[C@H](CO)[C@@H](OC3OC(CO)[C@H](O)C(O)[C@@H]3O)[C@H](O)[C@H]2O)c(-c2ccc(O)c(O)c2)oc2cc(O)cc(O)c12. The Labute approximate surface area is 246 Å². The second-order valence-corrected chi connectivity index (χ2v) is 10.3. The minimum atomic E-state index is -2.04. The normalized spacial score (nSPS) is 32.5. The standard InChI is InChI=1S/C27H30O17/c28-6-14-17(34)19(36)21(38)26(41-14)43-24-15(7-29)42-27(22(39)20(24)37)44-25-18(35)16-12(33)4-9(30)5-13(16)40-23(25)8-1-2-10(31)11(32)3-8/h1-5,14-15,17,19-22,24,26-34,36-39H,6-7H2/t14?,15-,17+,19?,20-,21+,22-,24-,26?,27+/m1/s1. The second kappa shape index (κ2) is 12.3. The number of aliphatic hydroxyl groups excluding tert-OH is 7. The molecule has 0 spiro atoms. The van der Waals surface area contributed by atoms with Gasteiger partial charge in [-0.1, -0.05) is 0 Å². The van der Waals surface area contributed by atoms with Crippen molar-refractivity contribution < 1.29 is 79.5 Å². The predicted molar refractivity (Wildman–Crippen MR) is 142 cm³/mol. The lowest BCUT2D eigenvalue weighted by Gasteiger charge is -2.45. The first-order valence-corrected chi connectivity index (χ1v) is 13.2. The third-order valence-corrected chi connectivity index (χ3v) is 7.35. The molecule has 0 radical (unpaired) electrons. The van der Waals surface area contributed by atoms with Crippen LogP contribution in [-0.4, -0.2) is 131 Å². The van der Waals surface area contributed by atoms with Gasteiger partial charge in [0.1, 0.15) is 71.3 Å². The number of fused-ring (bicyclic) bond motifs is 1. The van der Waals surface area contributed by atoms with E-state index in [1.54, 1.807) is 0 Å². The molecule has 2 aliphatic heterocycles. The summed E-state index contributed by atoms with van der Waals surface area (Å²) in [6, 6.07) is 5.17. The molecule has 10 atom stereocenters. The van der Waals surface area contributed by atoms with Gasteiger partial charge in [0.2, 0.25) is 17.5 Å². The highest BCUT2D eigenvalue weighted by molar-refractivity contribution is 5.88. The van der Waals surface area contributed by atoms with Gasteiger partial charge in [0.15, 0.2) is 23.5 Å². The molecule has 3 heterocycles. The van der Waals surface area contributed by atoms with Gasteiger partial charge in [0.25, 0.3) is 0 Å². The van der Waals surface area contributed by atoms with E-state index in [-0.39, 0.29) is 11.1 Å². The van der Waals surface area contributed by atoms with E-state index in [1.807, 2.05) is 0 Å². The molecule has 3 aromatic rings. The molecule has 0 bridgehead atoms. The first-order chi connectivity index (χ1) is 20.9. The highest BCUT2D eigenvalue weighted by Crippen LogP contribution is 2.39. The van der Waals surface area contributed by atoms with E-state index in [0.29, 0.717) is 0 Å². The minimum Gasteiger partial charge on any atom is -0.508 e.